The molecule has 3 rings (SSSR count). The number of halogens is 1. The minimum Gasteiger partial charge on any atom is -0.324 e. The molecule has 0 aliphatic rings. The lowest BCUT2D eigenvalue weighted by Crippen LogP contribution is -2.44. The van der Waals surface area contributed by atoms with E-state index in [1.54, 1.807) is 11.8 Å². The molecule has 0 saturated carbocycles. The Morgan fingerprint density at radius 2 is 1.67 bits per heavy atom. The van der Waals surface area contributed by atoms with Crippen molar-refractivity contribution in [2.45, 2.75) is 17.6 Å². The average Bonchev–Trinajstić information content (AvgIpc) is 2.79. The van der Waals surface area contributed by atoms with E-state index in [0.29, 0.717) is 5.69 Å². The van der Waals surface area contributed by atoms with E-state index < -0.39 is 28.5 Å². The Labute approximate surface area is 198 Å². The molecule has 0 radical (unpaired) electrons. The highest BCUT2D eigenvalue weighted by Gasteiger charge is 2.27. The van der Waals surface area contributed by atoms with E-state index in [1.165, 1.54) is 31.1 Å². The lowest BCUT2D eigenvalue weighted by atomic mass is 10.1. The van der Waals surface area contributed by atoms with Crippen molar-refractivity contribution in [3.05, 3.63) is 89.7 Å². The van der Waals surface area contributed by atoms with Gasteiger partial charge in [-0.15, -0.1) is 11.8 Å². The molecule has 0 unspecified atom stereocenters. The van der Waals surface area contributed by atoms with Gasteiger partial charge in [0.15, 0.2) is 0 Å². The van der Waals surface area contributed by atoms with Crippen molar-refractivity contribution in [3.8, 4) is 0 Å². The molecule has 6 nitrogen and oxygen atoms in total. The van der Waals surface area contributed by atoms with E-state index in [-0.39, 0.29) is 5.69 Å². The normalized spacial score (nSPS) is 11.4. The van der Waals surface area contributed by atoms with Gasteiger partial charge in [-0.3, -0.25) is 4.79 Å². The van der Waals surface area contributed by atoms with Crippen LogP contribution in [0.3, 0.4) is 0 Å². The number of hydrogen-bond acceptors (Lipinski definition) is 4. The molecular weight excluding hydrogens is 461 g/mol. The van der Waals surface area contributed by atoms with E-state index in [2.05, 4.69) is 17.4 Å². The van der Waals surface area contributed by atoms with Crippen LogP contribution in [-0.4, -0.2) is 39.3 Å². The monoisotopic (exact) mass is 487 g/mol. The number of rotatable bonds is 9. The molecule has 0 heterocycles. The maximum Gasteiger partial charge on any atom is 0.304 e. The molecule has 3 aromatic rings. The number of hydrogen-bond donors (Lipinski definition) is 1. The van der Waals surface area contributed by atoms with Crippen LogP contribution in [0.1, 0.15) is 11.1 Å². The molecule has 0 spiro atoms. The fourth-order valence-corrected chi connectivity index (χ4v) is 5.00. The first kappa shape index (κ1) is 24.8. The topological polar surface area (TPSA) is 69.7 Å². The Balaban J connectivity index is 1.71. The molecule has 33 heavy (non-hydrogen) atoms. The fraction of sp³-hybridized carbons (Fsp3) is 0.208. The Morgan fingerprint density at radius 3 is 2.27 bits per heavy atom. The molecule has 0 aliphatic heterocycles. The molecule has 0 aliphatic carbocycles. The summed E-state index contributed by atoms with van der Waals surface area (Å²) in [6.45, 7) is 1.44. The van der Waals surface area contributed by atoms with Crippen molar-refractivity contribution in [1.29, 1.82) is 0 Å². The van der Waals surface area contributed by atoms with E-state index >= 15 is 0 Å². The van der Waals surface area contributed by atoms with E-state index in [9.17, 15) is 17.6 Å². The number of carbonyl (C=O) groups excluding carboxylic acids is 1. The number of nitrogens with one attached hydrogen (secondary N) is 1. The largest absolute Gasteiger partial charge is 0.324 e. The predicted molar refractivity (Wildman–Crippen MR) is 132 cm³/mol. The summed E-state index contributed by atoms with van der Waals surface area (Å²) in [5.41, 5.74) is 2.79. The number of nitrogens with zero attached hydrogens (tertiary/aromatic N) is 2. The first-order valence-electron chi connectivity index (χ1n) is 10.2. The van der Waals surface area contributed by atoms with Crippen molar-refractivity contribution in [2.24, 2.45) is 0 Å². The lowest BCUT2D eigenvalue weighted by molar-refractivity contribution is -0.114. The highest BCUT2D eigenvalue weighted by atomic mass is 32.2. The Hall–Kier alpha value is -2.88. The van der Waals surface area contributed by atoms with Gasteiger partial charge in [0.25, 0.3) is 0 Å². The van der Waals surface area contributed by atoms with Crippen molar-refractivity contribution in [2.75, 3.05) is 30.3 Å². The predicted octanol–water partition coefficient (Wildman–Crippen LogP) is 4.68. The third-order valence-electron chi connectivity index (χ3n) is 4.86. The number of amides is 1. The highest BCUT2D eigenvalue weighted by molar-refractivity contribution is 7.98. The Morgan fingerprint density at radius 1 is 1.00 bits per heavy atom. The molecule has 0 atom stereocenters. The van der Waals surface area contributed by atoms with Gasteiger partial charge in [0, 0.05) is 30.4 Å². The second kappa shape index (κ2) is 10.8. The van der Waals surface area contributed by atoms with Gasteiger partial charge in [0.05, 0.1) is 5.69 Å². The summed E-state index contributed by atoms with van der Waals surface area (Å²) in [6, 6.07) is 20.8. The van der Waals surface area contributed by atoms with Gasteiger partial charge < -0.3 is 5.32 Å². The smallest absolute Gasteiger partial charge is 0.304 e. The van der Waals surface area contributed by atoms with Crippen LogP contribution in [0.2, 0.25) is 0 Å². The molecule has 9 heteroatoms. The van der Waals surface area contributed by atoms with Crippen LogP contribution in [0.25, 0.3) is 0 Å². The van der Waals surface area contributed by atoms with Crippen LogP contribution in [0.15, 0.2) is 77.7 Å². The summed E-state index contributed by atoms with van der Waals surface area (Å²) in [5.74, 6) is -0.204. The van der Waals surface area contributed by atoms with Crippen LogP contribution in [-0.2, 0) is 20.8 Å². The van der Waals surface area contributed by atoms with Crippen molar-refractivity contribution in [1.82, 2.24) is 4.31 Å². The summed E-state index contributed by atoms with van der Waals surface area (Å²) in [5, 5.41) is 2.79. The van der Waals surface area contributed by atoms with Gasteiger partial charge in [-0.2, -0.15) is 12.7 Å². The first-order chi connectivity index (χ1) is 15.7. The summed E-state index contributed by atoms with van der Waals surface area (Å²) < 4.78 is 40.8. The molecule has 1 amide bonds. The van der Waals surface area contributed by atoms with Crippen LogP contribution < -0.4 is 9.62 Å². The molecule has 1 N–H and O–H groups in total. The number of thioether (sulfide) groups is 1. The van der Waals surface area contributed by atoms with E-state index in [0.717, 1.165) is 37.6 Å². The zero-order chi connectivity index (χ0) is 24.0. The molecule has 0 aromatic heterocycles. The summed E-state index contributed by atoms with van der Waals surface area (Å²) in [7, 11) is -1.21. The zero-order valence-corrected chi connectivity index (χ0v) is 20.3. The second-order valence-electron chi connectivity index (χ2n) is 7.57. The van der Waals surface area contributed by atoms with Gasteiger partial charge >= 0.3 is 10.2 Å². The maximum absolute atomic E-state index is 13.3. The third kappa shape index (κ3) is 6.56. The summed E-state index contributed by atoms with van der Waals surface area (Å²) >= 11 is 1.72. The summed E-state index contributed by atoms with van der Waals surface area (Å²) in [4.78, 5) is 13.9. The van der Waals surface area contributed by atoms with Crippen LogP contribution >= 0.6 is 11.8 Å². The van der Waals surface area contributed by atoms with Crippen molar-refractivity contribution >= 4 is 39.3 Å². The Kier molecular flexibility index (Phi) is 8.12. The van der Waals surface area contributed by atoms with E-state index in [1.807, 2.05) is 43.3 Å². The summed E-state index contributed by atoms with van der Waals surface area (Å²) in [6.07, 6.45) is 0. The van der Waals surface area contributed by atoms with Gasteiger partial charge in [-0.05, 0) is 60.5 Å². The maximum atomic E-state index is 13.3. The molecule has 174 valence electrons. The zero-order valence-electron chi connectivity index (χ0n) is 18.7. The minimum atomic E-state index is -3.96. The third-order valence-corrected chi connectivity index (χ3v) is 7.76. The number of aryl methyl sites for hydroxylation is 1. The SMILES string of the molecule is Cc1cc(CSc2ccccc2)ccc1NC(=O)CN(c1ccc(F)cc1)S(=O)(=O)N(C)C. The van der Waals surface area contributed by atoms with Gasteiger partial charge in [0.1, 0.15) is 12.4 Å². The molecule has 0 fully saturated rings. The quantitative estimate of drug-likeness (QED) is 0.445. The minimum absolute atomic E-state index is 0.199. The van der Waals surface area contributed by atoms with Gasteiger partial charge in [-0.1, -0.05) is 30.3 Å². The standard InChI is InChI=1S/C24H26FN3O3S2/c1-18-15-19(17-32-22-7-5-4-6-8-22)9-14-23(18)26-24(29)16-28(33(30,31)27(2)3)21-12-10-20(25)11-13-21/h4-15H,16-17H2,1-3H3,(H,26,29). The highest BCUT2D eigenvalue weighted by Crippen LogP contribution is 2.25. The number of benzene rings is 3. The molecular formula is C24H26FN3O3S2. The lowest BCUT2D eigenvalue weighted by Gasteiger charge is -2.27. The molecule has 0 saturated heterocycles. The van der Waals surface area contributed by atoms with Crippen LogP contribution in [0.5, 0.6) is 0 Å². The first-order valence-corrected chi connectivity index (χ1v) is 12.6. The number of anilines is 2. The van der Waals surface area contributed by atoms with E-state index in [4.69, 9.17) is 0 Å². The average molecular weight is 488 g/mol. The van der Waals surface area contributed by atoms with Gasteiger partial charge in [-0.25, -0.2) is 8.70 Å². The molecule has 3 aromatic carbocycles. The fourth-order valence-electron chi connectivity index (χ4n) is 3.07. The van der Waals surface area contributed by atoms with Crippen molar-refractivity contribution < 1.29 is 17.6 Å². The van der Waals surface area contributed by atoms with Crippen LogP contribution in [0, 0.1) is 12.7 Å². The van der Waals surface area contributed by atoms with Crippen molar-refractivity contribution in [3.63, 3.8) is 0 Å². The Bertz CT molecular complexity index is 1200. The van der Waals surface area contributed by atoms with Crippen LogP contribution in [0.4, 0.5) is 15.8 Å². The van der Waals surface area contributed by atoms with Gasteiger partial charge in [0.2, 0.25) is 5.91 Å². The number of carbonyl (C=O) groups is 1. The second-order valence-corrected chi connectivity index (χ2v) is 10.7. The molecule has 0 bridgehead atoms.